The van der Waals surface area contributed by atoms with E-state index in [2.05, 4.69) is 24.0 Å². The Morgan fingerprint density at radius 2 is 1.93 bits per heavy atom. The first-order valence-corrected chi connectivity index (χ1v) is 8.84. The number of pyridine rings is 1. The van der Waals surface area contributed by atoms with Gasteiger partial charge < -0.3 is 9.73 Å². The average Bonchev–Trinajstić information content (AvgIpc) is 3.34. The molecule has 0 spiro atoms. The van der Waals surface area contributed by atoms with Crippen LogP contribution >= 0.6 is 11.7 Å². The largest absolute Gasteiger partial charge is 0.436 e. The monoisotopic (exact) mass is 373 g/mol. The number of anilines is 1. The van der Waals surface area contributed by atoms with Crippen molar-refractivity contribution < 1.29 is 9.21 Å². The summed E-state index contributed by atoms with van der Waals surface area (Å²) in [5.74, 6) is 0.267. The average molecular weight is 373 g/mol. The summed E-state index contributed by atoms with van der Waals surface area (Å²) in [6.45, 7) is 0. The van der Waals surface area contributed by atoms with E-state index in [1.165, 1.54) is 0 Å². The van der Waals surface area contributed by atoms with Crippen molar-refractivity contribution in [1.29, 1.82) is 0 Å². The van der Waals surface area contributed by atoms with Gasteiger partial charge in [-0.15, -0.1) is 0 Å². The zero-order valence-electron chi connectivity index (χ0n) is 13.8. The van der Waals surface area contributed by atoms with E-state index in [-0.39, 0.29) is 5.91 Å². The van der Waals surface area contributed by atoms with E-state index in [0.717, 1.165) is 22.8 Å². The number of hydrogen-bond donors (Lipinski definition) is 1. The lowest BCUT2D eigenvalue weighted by molar-refractivity contribution is 0.102. The molecule has 0 aliphatic heterocycles. The van der Waals surface area contributed by atoms with Gasteiger partial charge >= 0.3 is 0 Å². The maximum absolute atomic E-state index is 12.5. The third kappa shape index (κ3) is 2.91. The molecule has 0 aliphatic carbocycles. The molecule has 3 heterocycles. The third-order valence-corrected chi connectivity index (χ3v) is 4.63. The molecule has 0 saturated heterocycles. The first-order chi connectivity index (χ1) is 13.3. The van der Waals surface area contributed by atoms with E-state index in [0.29, 0.717) is 33.8 Å². The summed E-state index contributed by atoms with van der Waals surface area (Å²) >= 11 is 1.12. The first kappa shape index (κ1) is 15.6. The minimum absolute atomic E-state index is 0.222. The topological polar surface area (TPSA) is 93.8 Å². The molecule has 5 aromatic rings. The number of carbonyl (C=O) groups is 1. The highest BCUT2D eigenvalue weighted by atomic mass is 32.1. The maximum Gasteiger partial charge on any atom is 0.255 e. The molecule has 27 heavy (non-hydrogen) atoms. The van der Waals surface area contributed by atoms with Crippen molar-refractivity contribution in [3.05, 3.63) is 66.5 Å². The lowest BCUT2D eigenvalue weighted by Crippen LogP contribution is -2.11. The van der Waals surface area contributed by atoms with Gasteiger partial charge in [-0.1, -0.05) is 0 Å². The summed E-state index contributed by atoms with van der Waals surface area (Å²) in [7, 11) is 0. The van der Waals surface area contributed by atoms with Crippen molar-refractivity contribution in [2.75, 3.05) is 5.32 Å². The van der Waals surface area contributed by atoms with Crippen molar-refractivity contribution in [2.24, 2.45) is 0 Å². The van der Waals surface area contributed by atoms with E-state index < -0.39 is 0 Å². The van der Waals surface area contributed by atoms with Gasteiger partial charge in [0.1, 0.15) is 16.6 Å². The Morgan fingerprint density at radius 3 is 2.81 bits per heavy atom. The summed E-state index contributed by atoms with van der Waals surface area (Å²) in [5.41, 5.74) is 4.74. The number of fused-ring (bicyclic) bond motifs is 2. The van der Waals surface area contributed by atoms with Gasteiger partial charge in [-0.05, 0) is 48.5 Å². The molecule has 8 heteroatoms. The number of aromatic nitrogens is 4. The number of oxazole rings is 1. The van der Waals surface area contributed by atoms with Crippen molar-refractivity contribution in [3.63, 3.8) is 0 Å². The van der Waals surface area contributed by atoms with Crippen molar-refractivity contribution in [3.8, 4) is 11.5 Å². The molecule has 0 fully saturated rings. The fourth-order valence-corrected chi connectivity index (χ4v) is 3.26. The highest BCUT2D eigenvalue weighted by molar-refractivity contribution is 7.00. The molecule has 0 bridgehead atoms. The third-order valence-electron chi connectivity index (χ3n) is 4.07. The smallest absolute Gasteiger partial charge is 0.255 e. The Labute approximate surface area is 157 Å². The zero-order chi connectivity index (χ0) is 18.2. The van der Waals surface area contributed by atoms with Gasteiger partial charge in [-0.25, -0.2) is 4.98 Å². The number of hydrogen-bond acceptors (Lipinski definition) is 7. The molecule has 0 radical (unpaired) electrons. The van der Waals surface area contributed by atoms with Gasteiger partial charge in [-0.3, -0.25) is 9.78 Å². The predicted molar refractivity (Wildman–Crippen MR) is 103 cm³/mol. The number of nitrogens with one attached hydrogen (secondary N) is 1. The molecule has 2 aromatic carbocycles. The minimum atomic E-state index is -0.222. The number of nitrogens with zero attached hydrogens (tertiary/aromatic N) is 4. The Hall–Kier alpha value is -3.65. The van der Waals surface area contributed by atoms with Gasteiger partial charge in [-0.2, -0.15) is 8.75 Å². The quantitative estimate of drug-likeness (QED) is 0.511. The van der Waals surface area contributed by atoms with Crippen LogP contribution in [0, 0.1) is 0 Å². The molecule has 0 atom stereocenters. The molecule has 1 amide bonds. The van der Waals surface area contributed by atoms with Crippen LogP contribution in [0.2, 0.25) is 0 Å². The number of amides is 1. The second-order valence-electron chi connectivity index (χ2n) is 5.87. The first-order valence-electron chi connectivity index (χ1n) is 8.11. The summed E-state index contributed by atoms with van der Waals surface area (Å²) in [4.78, 5) is 21.1. The van der Waals surface area contributed by atoms with Crippen molar-refractivity contribution in [2.45, 2.75) is 0 Å². The number of benzene rings is 2. The molecule has 130 valence electrons. The van der Waals surface area contributed by atoms with Crippen LogP contribution in [-0.4, -0.2) is 24.6 Å². The van der Waals surface area contributed by atoms with E-state index >= 15 is 0 Å². The van der Waals surface area contributed by atoms with Crippen LogP contribution in [0.15, 0.2) is 65.3 Å². The van der Waals surface area contributed by atoms with Crippen molar-refractivity contribution in [1.82, 2.24) is 18.7 Å². The Kier molecular flexibility index (Phi) is 3.61. The summed E-state index contributed by atoms with van der Waals surface area (Å²) in [6.07, 6.45) is 3.38. The Morgan fingerprint density at radius 1 is 1.00 bits per heavy atom. The van der Waals surface area contributed by atoms with Crippen molar-refractivity contribution >= 4 is 45.5 Å². The normalized spacial score (nSPS) is 11.1. The summed E-state index contributed by atoms with van der Waals surface area (Å²) in [5, 5.41) is 2.88. The fourth-order valence-electron chi connectivity index (χ4n) is 2.74. The highest BCUT2D eigenvalue weighted by Gasteiger charge is 2.12. The van der Waals surface area contributed by atoms with Crippen LogP contribution in [0.3, 0.4) is 0 Å². The molecule has 0 saturated carbocycles. The van der Waals surface area contributed by atoms with E-state index in [9.17, 15) is 4.79 Å². The lowest BCUT2D eigenvalue weighted by atomic mass is 10.2. The second kappa shape index (κ2) is 6.26. The molecule has 3 aromatic heterocycles. The van der Waals surface area contributed by atoms with Crippen LogP contribution in [0.25, 0.3) is 33.6 Å². The van der Waals surface area contributed by atoms with Gasteiger partial charge in [0.05, 0.1) is 17.3 Å². The predicted octanol–water partition coefficient (Wildman–Crippen LogP) is 4.15. The van der Waals surface area contributed by atoms with Gasteiger partial charge in [0.15, 0.2) is 5.58 Å². The molecule has 5 rings (SSSR count). The summed E-state index contributed by atoms with van der Waals surface area (Å²) < 4.78 is 14.1. The number of rotatable bonds is 3. The fraction of sp³-hybridized carbons (Fsp3) is 0. The van der Waals surface area contributed by atoms with Crippen LogP contribution in [0.1, 0.15) is 10.4 Å². The van der Waals surface area contributed by atoms with Crippen LogP contribution in [-0.2, 0) is 0 Å². The van der Waals surface area contributed by atoms with E-state index in [4.69, 9.17) is 4.42 Å². The van der Waals surface area contributed by atoms with Crippen LogP contribution in [0.4, 0.5) is 5.69 Å². The lowest BCUT2D eigenvalue weighted by Gasteiger charge is -2.04. The Balaban J connectivity index is 1.43. The van der Waals surface area contributed by atoms with Crippen LogP contribution in [0.5, 0.6) is 0 Å². The standard InChI is InChI=1S/C19H11N5O2S/c25-18(11-3-5-14-15(8-11)24-27-23-14)21-13-4-6-17-16(9-13)22-19(26-17)12-2-1-7-20-10-12/h1-10H,(H,21,25). The molecule has 7 nitrogen and oxygen atoms in total. The SMILES string of the molecule is O=C(Nc1ccc2oc(-c3cccnc3)nc2c1)c1ccc2nsnc2c1. The highest BCUT2D eigenvalue weighted by Crippen LogP contribution is 2.26. The van der Waals surface area contributed by atoms with E-state index in [1.807, 2.05) is 12.1 Å². The molecule has 0 aliphatic rings. The van der Waals surface area contributed by atoms with Gasteiger partial charge in [0.2, 0.25) is 5.89 Å². The van der Waals surface area contributed by atoms with Gasteiger partial charge in [0, 0.05) is 23.6 Å². The zero-order valence-corrected chi connectivity index (χ0v) is 14.6. The minimum Gasteiger partial charge on any atom is -0.436 e. The second-order valence-corrected chi connectivity index (χ2v) is 6.39. The Bertz CT molecular complexity index is 1280. The molecular formula is C19H11N5O2S. The maximum atomic E-state index is 12.5. The van der Waals surface area contributed by atoms with E-state index in [1.54, 1.807) is 48.8 Å². The molecular weight excluding hydrogens is 362 g/mol. The summed E-state index contributed by atoms with van der Waals surface area (Å²) in [6, 6.07) is 14.3. The molecule has 1 N–H and O–H groups in total. The molecule has 0 unspecified atom stereocenters. The van der Waals surface area contributed by atoms with Crippen LogP contribution < -0.4 is 5.32 Å². The number of carbonyl (C=O) groups excluding carboxylic acids is 1. The van der Waals surface area contributed by atoms with Gasteiger partial charge in [0.25, 0.3) is 5.91 Å².